The van der Waals surface area contributed by atoms with Crippen molar-refractivity contribution in [3.63, 3.8) is 0 Å². The second kappa shape index (κ2) is 5.21. The van der Waals surface area contributed by atoms with Crippen LogP contribution in [0.25, 0.3) is 0 Å². The molecule has 2 aliphatic heterocycles. The molecule has 1 N–H and O–H groups in total. The Morgan fingerprint density at radius 2 is 2.32 bits per heavy atom. The van der Waals surface area contributed by atoms with Crippen molar-refractivity contribution in [2.24, 2.45) is 5.92 Å². The average Bonchev–Trinajstić information content (AvgIpc) is 2.47. The van der Waals surface area contributed by atoms with Crippen molar-refractivity contribution in [2.75, 3.05) is 18.2 Å². The Labute approximate surface area is 113 Å². The standard InChI is InChI=1S/C15H20N2O2/c1-2-14(18)16-17-10-11-6-5-9-19-15(11)12-7-3-4-8-13(12)17/h3-4,7-8,11,15H,2,5-6,9-10H2,1H3,(H,16,18)/t11-,15+/m0/s1. The van der Waals surface area contributed by atoms with Crippen LogP contribution in [0, 0.1) is 5.92 Å². The normalized spacial score (nSPS) is 25.4. The highest BCUT2D eigenvalue weighted by molar-refractivity contribution is 5.78. The van der Waals surface area contributed by atoms with Gasteiger partial charge in [0.15, 0.2) is 0 Å². The van der Waals surface area contributed by atoms with Gasteiger partial charge >= 0.3 is 0 Å². The first-order valence-electron chi connectivity index (χ1n) is 7.07. The molecule has 3 rings (SSSR count). The van der Waals surface area contributed by atoms with Gasteiger partial charge in [-0.15, -0.1) is 0 Å². The Bertz CT molecular complexity index is 475. The van der Waals surface area contributed by atoms with Gasteiger partial charge in [-0.05, 0) is 18.9 Å². The van der Waals surface area contributed by atoms with Gasteiger partial charge < -0.3 is 4.74 Å². The number of rotatable bonds is 2. The summed E-state index contributed by atoms with van der Waals surface area (Å²) in [5, 5.41) is 2.00. The topological polar surface area (TPSA) is 41.6 Å². The summed E-state index contributed by atoms with van der Waals surface area (Å²) in [4.78, 5) is 11.7. The number of carbonyl (C=O) groups excluding carboxylic acids is 1. The monoisotopic (exact) mass is 260 g/mol. The Morgan fingerprint density at radius 1 is 1.47 bits per heavy atom. The van der Waals surface area contributed by atoms with Crippen molar-refractivity contribution in [3.05, 3.63) is 29.8 Å². The summed E-state index contributed by atoms with van der Waals surface area (Å²) in [6.07, 6.45) is 2.97. The second-order valence-electron chi connectivity index (χ2n) is 5.25. The fourth-order valence-corrected chi connectivity index (χ4v) is 3.02. The van der Waals surface area contributed by atoms with Crippen molar-refractivity contribution in [2.45, 2.75) is 32.3 Å². The van der Waals surface area contributed by atoms with E-state index in [9.17, 15) is 4.79 Å². The number of hydrogen-bond acceptors (Lipinski definition) is 3. The van der Waals surface area contributed by atoms with Crippen LogP contribution in [0.2, 0.25) is 0 Å². The number of nitrogens with zero attached hydrogens (tertiary/aromatic N) is 1. The molecule has 2 atom stereocenters. The third-order valence-corrected chi connectivity index (χ3v) is 3.98. The van der Waals surface area contributed by atoms with E-state index < -0.39 is 0 Å². The average molecular weight is 260 g/mol. The first-order valence-corrected chi connectivity index (χ1v) is 7.07. The van der Waals surface area contributed by atoms with Crippen molar-refractivity contribution in [3.8, 4) is 0 Å². The molecule has 4 heteroatoms. The lowest BCUT2D eigenvalue weighted by atomic mass is 9.85. The van der Waals surface area contributed by atoms with Crippen LogP contribution in [0.15, 0.2) is 24.3 Å². The highest BCUT2D eigenvalue weighted by atomic mass is 16.5. The van der Waals surface area contributed by atoms with E-state index in [2.05, 4.69) is 17.6 Å². The summed E-state index contributed by atoms with van der Waals surface area (Å²) in [6, 6.07) is 8.22. The van der Waals surface area contributed by atoms with Gasteiger partial charge in [0.2, 0.25) is 5.91 Å². The van der Waals surface area contributed by atoms with Crippen LogP contribution in [0.5, 0.6) is 0 Å². The van der Waals surface area contributed by atoms with E-state index >= 15 is 0 Å². The van der Waals surface area contributed by atoms with E-state index in [1.54, 1.807) is 0 Å². The van der Waals surface area contributed by atoms with Crippen LogP contribution in [0.3, 0.4) is 0 Å². The molecule has 0 unspecified atom stereocenters. The zero-order valence-electron chi connectivity index (χ0n) is 11.3. The van der Waals surface area contributed by atoms with Gasteiger partial charge in [0, 0.05) is 31.1 Å². The number of anilines is 1. The molecule has 2 aliphatic rings. The highest BCUT2D eigenvalue weighted by Gasteiger charge is 2.36. The van der Waals surface area contributed by atoms with E-state index in [-0.39, 0.29) is 12.0 Å². The summed E-state index contributed by atoms with van der Waals surface area (Å²) in [6.45, 7) is 3.56. The van der Waals surface area contributed by atoms with Gasteiger partial charge in [0.1, 0.15) is 0 Å². The van der Waals surface area contributed by atoms with E-state index in [0.717, 1.165) is 31.7 Å². The first-order chi connectivity index (χ1) is 9.29. The molecule has 4 nitrogen and oxygen atoms in total. The quantitative estimate of drug-likeness (QED) is 0.888. The minimum absolute atomic E-state index is 0.0602. The van der Waals surface area contributed by atoms with Gasteiger partial charge in [-0.1, -0.05) is 25.1 Å². The number of fused-ring (bicyclic) bond motifs is 3. The van der Waals surface area contributed by atoms with Crippen molar-refractivity contribution in [1.82, 2.24) is 5.43 Å². The Kier molecular flexibility index (Phi) is 3.42. The van der Waals surface area contributed by atoms with Gasteiger partial charge in [-0.2, -0.15) is 0 Å². The molecule has 1 fully saturated rings. The SMILES string of the molecule is CCC(=O)NN1C[C@@H]2CCCO[C@H]2c2ccccc21. The highest BCUT2D eigenvalue weighted by Crippen LogP contribution is 2.42. The zero-order chi connectivity index (χ0) is 13.2. The summed E-state index contributed by atoms with van der Waals surface area (Å²) in [7, 11) is 0. The molecule has 1 amide bonds. The number of hydrazine groups is 1. The van der Waals surface area contributed by atoms with E-state index in [4.69, 9.17) is 4.74 Å². The lowest BCUT2D eigenvalue weighted by Gasteiger charge is -2.42. The predicted octanol–water partition coefficient (Wildman–Crippen LogP) is 2.42. The zero-order valence-corrected chi connectivity index (χ0v) is 11.3. The fraction of sp³-hybridized carbons (Fsp3) is 0.533. The molecule has 1 aromatic rings. The predicted molar refractivity (Wildman–Crippen MR) is 73.6 cm³/mol. The van der Waals surface area contributed by atoms with Crippen LogP contribution in [0.4, 0.5) is 5.69 Å². The molecule has 19 heavy (non-hydrogen) atoms. The number of para-hydroxylation sites is 1. The molecule has 0 aliphatic carbocycles. The van der Waals surface area contributed by atoms with Crippen LogP contribution >= 0.6 is 0 Å². The second-order valence-corrected chi connectivity index (χ2v) is 5.25. The van der Waals surface area contributed by atoms with E-state index in [1.165, 1.54) is 5.56 Å². The largest absolute Gasteiger partial charge is 0.373 e. The van der Waals surface area contributed by atoms with Crippen molar-refractivity contribution >= 4 is 11.6 Å². The smallest absolute Gasteiger partial charge is 0.238 e. The molecule has 2 heterocycles. The van der Waals surface area contributed by atoms with Gasteiger partial charge in [0.05, 0.1) is 11.8 Å². The number of carbonyl (C=O) groups is 1. The van der Waals surface area contributed by atoms with E-state index in [0.29, 0.717) is 12.3 Å². The molecule has 1 aromatic carbocycles. The van der Waals surface area contributed by atoms with Gasteiger partial charge in [-0.25, -0.2) is 0 Å². The number of hydrogen-bond donors (Lipinski definition) is 1. The number of benzene rings is 1. The van der Waals surface area contributed by atoms with Crippen LogP contribution in [0.1, 0.15) is 37.9 Å². The maximum absolute atomic E-state index is 11.7. The molecule has 102 valence electrons. The van der Waals surface area contributed by atoms with Gasteiger partial charge in [0.25, 0.3) is 0 Å². The Morgan fingerprint density at radius 3 is 3.16 bits per heavy atom. The molecule has 0 bridgehead atoms. The lowest BCUT2D eigenvalue weighted by molar-refractivity contribution is -0.121. The minimum Gasteiger partial charge on any atom is -0.373 e. The van der Waals surface area contributed by atoms with Crippen LogP contribution < -0.4 is 10.4 Å². The van der Waals surface area contributed by atoms with Crippen LogP contribution in [-0.4, -0.2) is 19.1 Å². The summed E-state index contributed by atoms with van der Waals surface area (Å²) >= 11 is 0. The summed E-state index contributed by atoms with van der Waals surface area (Å²) < 4.78 is 5.95. The fourth-order valence-electron chi connectivity index (χ4n) is 3.02. The molecule has 1 saturated heterocycles. The molecule has 0 spiro atoms. The Hall–Kier alpha value is -1.55. The maximum atomic E-state index is 11.7. The van der Waals surface area contributed by atoms with Crippen LogP contribution in [-0.2, 0) is 9.53 Å². The molecular formula is C15H20N2O2. The van der Waals surface area contributed by atoms with Crippen molar-refractivity contribution in [1.29, 1.82) is 0 Å². The molecule has 0 radical (unpaired) electrons. The molecule has 0 aromatic heterocycles. The van der Waals surface area contributed by atoms with Gasteiger partial charge in [-0.3, -0.25) is 15.2 Å². The number of ether oxygens (including phenoxy) is 1. The Balaban J connectivity index is 1.92. The number of nitrogens with one attached hydrogen (secondary N) is 1. The maximum Gasteiger partial charge on any atom is 0.238 e. The number of amides is 1. The van der Waals surface area contributed by atoms with E-state index in [1.807, 2.05) is 24.1 Å². The summed E-state index contributed by atoms with van der Waals surface area (Å²) in [5.74, 6) is 0.533. The lowest BCUT2D eigenvalue weighted by Crippen LogP contribution is -2.49. The molecule has 0 saturated carbocycles. The minimum atomic E-state index is 0.0602. The molecular weight excluding hydrogens is 240 g/mol. The third kappa shape index (κ3) is 2.32. The summed E-state index contributed by atoms with van der Waals surface area (Å²) in [5.41, 5.74) is 5.28. The first kappa shape index (κ1) is 12.5. The third-order valence-electron chi connectivity index (χ3n) is 3.98. The van der Waals surface area contributed by atoms with Crippen molar-refractivity contribution < 1.29 is 9.53 Å².